The molecule has 4 heteroatoms. The van der Waals surface area contributed by atoms with Crippen LogP contribution in [0.2, 0.25) is 0 Å². The molecule has 1 amide bonds. The first-order chi connectivity index (χ1) is 6.34. The second-order valence-electron chi connectivity index (χ2n) is 3.07. The number of hydrogen-bond acceptors (Lipinski definition) is 3. The maximum absolute atomic E-state index is 11.3. The largest absolute Gasteiger partial charge is 0.449 e. The van der Waals surface area contributed by atoms with E-state index in [-0.39, 0.29) is 6.09 Å². The predicted octanol–water partition coefficient (Wildman–Crippen LogP) is 0.990. The van der Waals surface area contributed by atoms with Crippen molar-refractivity contribution in [2.75, 3.05) is 26.2 Å². The Morgan fingerprint density at radius 2 is 2.54 bits per heavy atom. The van der Waals surface area contributed by atoms with Crippen molar-refractivity contribution in [1.29, 1.82) is 0 Å². The molecule has 0 atom stereocenters. The van der Waals surface area contributed by atoms with Gasteiger partial charge in [-0.3, -0.25) is 0 Å². The zero-order valence-electron chi connectivity index (χ0n) is 8.08. The van der Waals surface area contributed by atoms with Crippen LogP contribution in [-0.2, 0) is 4.74 Å². The molecule has 1 aliphatic rings. The summed E-state index contributed by atoms with van der Waals surface area (Å²) < 4.78 is 5.06. The summed E-state index contributed by atoms with van der Waals surface area (Å²) >= 11 is 0. The summed E-state index contributed by atoms with van der Waals surface area (Å²) in [4.78, 5) is 13.0. The maximum atomic E-state index is 11.3. The Morgan fingerprint density at radius 3 is 3.15 bits per heavy atom. The Labute approximate surface area is 79.2 Å². The van der Waals surface area contributed by atoms with Crippen LogP contribution in [-0.4, -0.2) is 37.2 Å². The van der Waals surface area contributed by atoms with Crippen LogP contribution in [0, 0.1) is 6.54 Å². The van der Waals surface area contributed by atoms with Crippen LogP contribution in [0.5, 0.6) is 0 Å². The highest BCUT2D eigenvalue weighted by atomic mass is 16.6. The standard InChI is InChI=1S/C9H17N2O2/c1-2-3-8-13-9(12)11-6-4-10-5-7-11/h4,10H,2-3,5-8H2,1H3. The molecule has 0 spiro atoms. The monoisotopic (exact) mass is 185 g/mol. The Morgan fingerprint density at radius 1 is 1.69 bits per heavy atom. The fraction of sp³-hybridized carbons (Fsp3) is 0.778. The highest BCUT2D eigenvalue weighted by Gasteiger charge is 2.16. The molecule has 1 N–H and O–H groups in total. The highest BCUT2D eigenvalue weighted by Crippen LogP contribution is 1.99. The van der Waals surface area contributed by atoms with Crippen molar-refractivity contribution in [2.24, 2.45) is 0 Å². The zero-order chi connectivity index (χ0) is 9.52. The molecule has 0 aromatic rings. The maximum Gasteiger partial charge on any atom is 0.409 e. The quantitative estimate of drug-likeness (QED) is 0.667. The first kappa shape index (κ1) is 10.3. The van der Waals surface area contributed by atoms with Crippen molar-refractivity contribution in [3.63, 3.8) is 0 Å². The molecule has 1 saturated heterocycles. The van der Waals surface area contributed by atoms with Gasteiger partial charge in [0.05, 0.1) is 6.61 Å². The molecule has 0 saturated carbocycles. The molecule has 75 valence electrons. The third-order valence-corrected chi connectivity index (χ3v) is 1.96. The topological polar surface area (TPSA) is 41.6 Å². The van der Waals surface area contributed by atoms with Gasteiger partial charge in [-0.25, -0.2) is 4.79 Å². The third kappa shape index (κ3) is 3.63. The molecule has 4 nitrogen and oxygen atoms in total. The van der Waals surface area contributed by atoms with Gasteiger partial charge in [-0.05, 0) is 6.42 Å². The van der Waals surface area contributed by atoms with Gasteiger partial charge in [0.25, 0.3) is 0 Å². The number of amides is 1. The summed E-state index contributed by atoms with van der Waals surface area (Å²) in [5.74, 6) is 0. The smallest absolute Gasteiger partial charge is 0.409 e. The molecule has 1 rings (SSSR count). The summed E-state index contributed by atoms with van der Waals surface area (Å²) in [6, 6.07) is 0. The molecule has 0 aromatic carbocycles. The number of piperazine rings is 1. The lowest BCUT2D eigenvalue weighted by Gasteiger charge is -2.26. The van der Waals surface area contributed by atoms with E-state index in [9.17, 15) is 4.79 Å². The van der Waals surface area contributed by atoms with E-state index in [0.29, 0.717) is 13.2 Å². The number of nitrogens with one attached hydrogen (secondary N) is 1. The van der Waals surface area contributed by atoms with Gasteiger partial charge >= 0.3 is 6.09 Å². The minimum Gasteiger partial charge on any atom is -0.449 e. The lowest BCUT2D eigenvalue weighted by molar-refractivity contribution is 0.1000. The molecule has 0 unspecified atom stereocenters. The average Bonchev–Trinajstić information content (AvgIpc) is 2.19. The molecule has 1 fully saturated rings. The second-order valence-corrected chi connectivity index (χ2v) is 3.07. The first-order valence-electron chi connectivity index (χ1n) is 4.81. The normalized spacial score (nSPS) is 17.2. The van der Waals surface area contributed by atoms with Crippen LogP contribution in [0.1, 0.15) is 19.8 Å². The van der Waals surface area contributed by atoms with Crippen LogP contribution in [0.25, 0.3) is 0 Å². The number of rotatable bonds is 3. The van der Waals surface area contributed by atoms with Crippen molar-refractivity contribution in [2.45, 2.75) is 19.8 Å². The number of hydrogen-bond donors (Lipinski definition) is 1. The van der Waals surface area contributed by atoms with E-state index in [1.54, 1.807) is 4.90 Å². The third-order valence-electron chi connectivity index (χ3n) is 1.96. The van der Waals surface area contributed by atoms with Gasteiger partial charge in [0, 0.05) is 26.2 Å². The van der Waals surface area contributed by atoms with E-state index in [0.717, 1.165) is 25.9 Å². The Bertz CT molecular complexity index is 156. The summed E-state index contributed by atoms with van der Waals surface area (Å²) in [6.45, 7) is 6.70. The minimum absolute atomic E-state index is 0.189. The fourth-order valence-corrected chi connectivity index (χ4v) is 1.13. The van der Waals surface area contributed by atoms with Gasteiger partial charge in [0.1, 0.15) is 0 Å². The Kier molecular flexibility index (Phi) is 4.60. The molecule has 0 bridgehead atoms. The van der Waals surface area contributed by atoms with Gasteiger partial charge in [-0.2, -0.15) is 0 Å². The van der Waals surface area contributed by atoms with Crippen LogP contribution < -0.4 is 5.32 Å². The van der Waals surface area contributed by atoms with Gasteiger partial charge in [0.15, 0.2) is 0 Å². The number of ether oxygens (including phenoxy) is 1. The van der Waals surface area contributed by atoms with Crippen LogP contribution >= 0.6 is 0 Å². The summed E-state index contributed by atoms with van der Waals surface area (Å²) in [6.07, 6.45) is 1.81. The number of carbonyl (C=O) groups excluding carboxylic acids is 1. The molecule has 1 aliphatic heterocycles. The van der Waals surface area contributed by atoms with Gasteiger partial charge in [-0.15, -0.1) is 0 Å². The van der Waals surface area contributed by atoms with Crippen LogP contribution in [0.4, 0.5) is 4.79 Å². The predicted molar refractivity (Wildman–Crippen MR) is 50.1 cm³/mol. The second kappa shape index (κ2) is 5.80. The number of nitrogens with zero attached hydrogens (tertiary/aromatic N) is 1. The first-order valence-corrected chi connectivity index (χ1v) is 4.81. The lowest BCUT2D eigenvalue weighted by Crippen LogP contribution is -2.44. The Hall–Kier alpha value is -0.770. The van der Waals surface area contributed by atoms with Crippen LogP contribution in [0.3, 0.4) is 0 Å². The molecule has 13 heavy (non-hydrogen) atoms. The van der Waals surface area contributed by atoms with E-state index < -0.39 is 0 Å². The molecule has 0 aliphatic carbocycles. The SMILES string of the molecule is CCCCOC(=O)N1C[CH]NCC1. The lowest BCUT2D eigenvalue weighted by atomic mass is 10.4. The Balaban J connectivity index is 2.13. The number of unbranched alkanes of at least 4 members (excludes halogenated alkanes) is 1. The zero-order valence-corrected chi connectivity index (χ0v) is 8.08. The average molecular weight is 185 g/mol. The van der Waals surface area contributed by atoms with Crippen molar-refractivity contribution < 1.29 is 9.53 Å². The highest BCUT2D eigenvalue weighted by molar-refractivity contribution is 5.67. The molecule has 1 radical (unpaired) electrons. The molecule has 1 heterocycles. The van der Waals surface area contributed by atoms with Gasteiger partial charge in [-0.1, -0.05) is 13.3 Å². The van der Waals surface area contributed by atoms with Gasteiger partial charge < -0.3 is 15.0 Å². The number of carbonyl (C=O) groups is 1. The van der Waals surface area contributed by atoms with Crippen LogP contribution in [0.15, 0.2) is 0 Å². The minimum atomic E-state index is -0.189. The van der Waals surface area contributed by atoms with E-state index in [4.69, 9.17) is 4.74 Å². The van der Waals surface area contributed by atoms with Crippen molar-refractivity contribution in [3.05, 3.63) is 6.54 Å². The van der Waals surface area contributed by atoms with E-state index in [1.807, 2.05) is 6.54 Å². The summed E-state index contributed by atoms with van der Waals surface area (Å²) in [7, 11) is 0. The summed E-state index contributed by atoms with van der Waals surface area (Å²) in [5, 5.41) is 3.06. The van der Waals surface area contributed by atoms with Crippen molar-refractivity contribution in [1.82, 2.24) is 10.2 Å². The van der Waals surface area contributed by atoms with E-state index >= 15 is 0 Å². The van der Waals surface area contributed by atoms with Gasteiger partial charge in [0.2, 0.25) is 0 Å². The fourth-order valence-electron chi connectivity index (χ4n) is 1.13. The molecular weight excluding hydrogens is 168 g/mol. The molecule has 0 aromatic heterocycles. The summed E-state index contributed by atoms with van der Waals surface area (Å²) in [5.41, 5.74) is 0. The van der Waals surface area contributed by atoms with Crippen molar-refractivity contribution >= 4 is 6.09 Å². The van der Waals surface area contributed by atoms with E-state index in [1.165, 1.54) is 0 Å². The van der Waals surface area contributed by atoms with E-state index in [2.05, 4.69) is 12.2 Å². The van der Waals surface area contributed by atoms with Crippen molar-refractivity contribution in [3.8, 4) is 0 Å². The molecular formula is C9H17N2O2.